The van der Waals surface area contributed by atoms with E-state index < -0.39 is 0 Å². The van der Waals surface area contributed by atoms with Crippen molar-refractivity contribution in [1.82, 2.24) is 14.7 Å². The minimum atomic E-state index is 0.655. The first-order valence-electron chi connectivity index (χ1n) is 7.63. The van der Waals surface area contributed by atoms with Crippen molar-refractivity contribution in [1.29, 1.82) is 0 Å². The van der Waals surface area contributed by atoms with Gasteiger partial charge < -0.3 is 9.72 Å². The molecule has 2 atom stereocenters. The summed E-state index contributed by atoms with van der Waals surface area (Å²) in [5.41, 5.74) is 2.05. The van der Waals surface area contributed by atoms with Crippen molar-refractivity contribution in [3.63, 3.8) is 0 Å². The van der Waals surface area contributed by atoms with Gasteiger partial charge in [0, 0.05) is 25.0 Å². The molecule has 0 amide bonds. The summed E-state index contributed by atoms with van der Waals surface area (Å²) in [5.74, 6) is 0.829. The molecule has 1 fully saturated rings. The number of nitrogens with one attached hydrogen (secondary N) is 1. The second-order valence-electron chi connectivity index (χ2n) is 5.79. The zero-order valence-electron chi connectivity index (χ0n) is 12.0. The number of imidazole rings is 1. The Balaban J connectivity index is 1.67. The molecule has 0 bridgehead atoms. The molecule has 1 saturated carbocycles. The van der Waals surface area contributed by atoms with Gasteiger partial charge in [-0.15, -0.1) is 0 Å². The van der Waals surface area contributed by atoms with Crippen LogP contribution in [0.2, 0.25) is 5.02 Å². The third-order valence-electron chi connectivity index (χ3n) is 4.44. The van der Waals surface area contributed by atoms with Crippen LogP contribution in [-0.4, -0.2) is 15.4 Å². The monoisotopic (exact) mass is 291 g/mol. The van der Waals surface area contributed by atoms with Crippen molar-refractivity contribution in [2.45, 2.75) is 51.6 Å². The molecule has 2 aromatic rings. The second kappa shape index (κ2) is 6.15. The van der Waals surface area contributed by atoms with Gasteiger partial charge in [-0.1, -0.05) is 37.8 Å². The van der Waals surface area contributed by atoms with Crippen molar-refractivity contribution in [3.05, 3.63) is 35.2 Å². The fourth-order valence-corrected chi connectivity index (χ4v) is 3.47. The molecule has 3 rings (SSSR count). The normalized spacial score (nSPS) is 23.3. The summed E-state index contributed by atoms with van der Waals surface area (Å²) in [6, 6.07) is 4.50. The van der Waals surface area contributed by atoms with Crippen LogP contribution in [-0.2, 0) is 6.54 Å². The molecule has 2 aromatic heterocycles. The van der Waals surface area contributed by atoms with Crippen LogP contribution in [0.3, 0.4) is 0 Å². The average molecular weight is 292 g/mol. The quantitative estimate of drug-likeness (QED) is 0.921. The molecule has 1 N–H and O–H groups in total. The average Bonchev–Trinajstić information content (AvgIpc) is 2.87. The summed E-state index contributed by atoms with van der Waals surface area (Å²) in [7, 11) is 0. The van der Waals surface area contributed by atoms with E-state index >= 15 is 0 Å². The summed E-state index contributed by atoms with van der Waals surface area (Å²) in [5, 5.41) is 4.45. The van der Waals surface area contributed by atoms with Crippen molar-refractivity contribution < 1.29 is 0 Å². The Hall–Kier alpha value is -1.06. The number of aromatic nitrogens is 2. The highest BCUT2D eigenvalue weighted by molar-refractivity contribution is 6.30. The van der Waals surface area contributed by atoms with Gasteiger partial charge in [-0.3, -0.25) is 0 Å². The Morgan fingerprint density at radius 2 is 2.15 bits per heavy atom. The van der Waals surface area contributed by atoms with Crippen LogP contribution in [0.1, 0.15) is 44.7 Å². The fraction of sp³-hybridized carbons (Fsp3) is 0.562. The summed E-state index contributed by atoms with van der Waals surface area (Å²) >= 11 is 6.00. The van der Waals surface area contributed by atoms with Crippen LogP contribution in [0.4, 0.5) is 0 Å². The first-order valence-corrected chi connectivity index (χ1v) is 8.00. The highest BCUT2D eigenvalue weighted by Crippen LogP contribution is 2.27. The first-order chi connectivity index (χ1) is 9.76. The summed E-state index contributed by atoms with van der Waals surface area (Å²) in [6.45, 7) is 3.15. The third kappa shape index (κ3) is 2.99. The number of hydrogen-bond donors (Lipinski definition) is 1. The lowest BCUT2D eigenvalue weighted by Gasteiger charge is -2.31. The molecule has 0 radical (unpaired) electrons. The van der Waals surface area contributed by atoms with E-state index in [4.69, 9.17) is 11.6 Å². The molecule has 20 heavy (non-hydrogen) atoms. The standard InChI is InChI=1S/C16H22ClN3/c1-2-12-5-3-4-6-15(12)18-9-14-11-20-10-13(17)7-8-16(20)19-14/h7-8,10-12,15,18H,2-6,9H2,1H3. The lowest BCUT2D eigenvalue weighted by Crippen LogP contribution is -2.37. The van der Waals surface area contributed by atoms with Crippen LogP contribution < -0.4 is 5.32 Å². The summed E-state index contributed by atoms with van der Waals surface area (Å²) < 4.78 is 2.00. The van der Waals surface area contributed by atoms with Gasteiger partial charge in [-0.05, 0) is 30.9 Å². The number of nitrogens with zero attached hydrogens (tertiary/aromatic N) is 2. The van der Waals surface area contributed by atoms with E-state index in [2.05, 4.69) is 23.4 Å². The molecular formula is C16H22ClN3. The van der Waals surface area contributed by atoms with Crippen LogP contribution in [0.5, 0.6) is 0 Å². The van der Waals surface area contributed by atoms with Crippen LogP contribution >= 0.6 is 11.6 Å². The van der Waals surface area contributed by atoms with E-state index in [0.29, 0.717) is 6.04 Å². The molecule has 2 heterocycles. The molecule has 2 unspecified atom stereocenters. The van der Waals surface area contributed by atoms with Crippen molar-refractivity contribution in [3.8, 4) is 0 Å². The Bertz CT molecular complexity index is 578. The van der Waals surface area contributed by atoms with E-state index in [9.17, 15) is 0 Å². The van der Waals surface area contributed by atoms with Gasteiger partial charge >= 0.3 is 0 Å². The molecule has 0 saturated heterocycles. The van der Waals surface area contributed by atoms with Crippen molar-refractivity contribution in [2.75, 3.05) is 0 Å². The van der Waals surface area contributed by atoms with E-state index in [0.717, 1.165) is 28.8 Å². The van der Waals surface area contributed by atoms with E-state index in [1.54, 1.807) is 0 Å². The highest BCUT2D eigenvalue weighted by Gasteiger charge is 2.23. The zero-order chi connectivity index (χ0) is 13.9. The van der Waals surface area contributed by atoms with Gasteiger partial charge in [0.1, 0.15) is 5.65 Å². The minimum absolute atomic E-state index is 0.655. The first kappa shape index (κ1) is 13.9. The molecule has 1 aliphatic carbocycles. The Kier molecular flexibility index (Phi) is 4.27. The summed E-state index contributed by atoms with van der Waals surface area (Å²) in [4.78, 5) is 4.63. The Labute approximate surface area is 125 Å². The molecule has 0 aliphatic heterocycles. The van der Waals surface area contributed by atoms with Gasteiger partial charge in [0.05, 0.1) is 10.7 Å². The van der Waals surface area contributed by atoms with Gasteiger partial charge in [0.25, 0.3) is 0 Å². The molecule has 0 spiro atoms. The molecule has 3 nitrogen and oxygen atoms in total. The SMILES string of the molecule is CCC1CCCCC1NCc1cn2cc(Cl)ccc2n1. The number of fused-ring (bicyclic) bond motifs is 1. The maximum atomic E-state index is 6.00. The van der Waals surface area contributed by atoms with Crippen molar-refractivity contribution >= 4 is 17.2 Å². The van der Waals surface area contributed by atoms with Gasteiger partial charge in [0.2, 0.25) is 0 Å². The zero-order valence-corrected chi connectivity index (χ0v) is 12.7. The molecular weight excluding hydrogens is 270 g/mol. The van der Waals surface area contributed by atoms with Crippen molar-refractivity contribution in [2.24, 2.45) is 5.92 Å². The highest BCUT2D eigenvalue weighted by atomic mass is 35.5. The van der Waals surface area contributed by atoms with Crippen LogP contribution in [0.15, 0.2) is 24.5 Å². The molecule has 0 aromatic carbocycles. The van der Waals surface area contributed by atoms with Gasteiger partial charge in [-0.25, -0.2) is 4.98 Å². The Morgan fingerprint density at radius 1 is 1.30 bits per heavy atom. The molecule has 4 heteroatoms. The minimum Gasteiger partial charge on any atom is -0.308 e. The number of hydrogen-bond acceptors (Lipinski definition) is 2. The lowest BCUT2D eigenvalue weighted by atomic mass is 9.83. The maximum absolute atomic E-state index is 6.00. The maximum Gasteiger partial charge on any atom is 0.137 e. The van der Waals surface area contributed by atoms with Gasteiger partial charge in [-0.2, -0.15) is 0 Å². The second-order valence-corrected chi connectivity index (χ2v) is 6.22. The lowest BCUT2D eigenvalue weighted by molar-refractivity contribution is 0.254. The van der Waals surface area contributed by atoms with Crippen LogP contribution in [0, 0.1) is 5.92 Å². The smallest absolute Gasteiger partial charge is 0.137 e. The van der Waals surface area contributed by atoms with E-state index in [1.807, 2.05) is 22.7 Å². The van der Waals surface area contributed by atoms with Gasteiger partial charge in [0.15, 0.2) is 0 Å². The number of rotatable bonds is 4. The third-order valence-corrected chi connectivity index (χ3v) is 4.67. The Morgan fingerprint density at radius 3 is 3.00 bits per heavy atom. The van der Waals surface area contributed by atoms with Crippen LogP contribution in [0.25, 0.3) is 5.65 Å². The number of halogens is 1. The molecule has 1 aliphatic rings. The topological polar surface area (TPSA) is 29.3 Å². The predicted molar refractivity (Wildman–Crippen MR) is 83.1 cm³/mol. The largest absolute Gasteiger partial charge is 0.308 e. The summed E-state index contributed by atoms with van der Waals surface area (Å²) in [6.07, 6.45) is 10.7. The van der Waals surface area contributed by atoms with E-state index in [1.165, 1.54) is 32.1 Å². The number of pyridine rings is 1. The fourth-order valence-electron chi connectivity index (χ4n) is 3.30. The van der Waals surface area contributed by atoms with E-state index in [-0.39, 0.29) is 0 Å². The molecule has 108 valence electrons. The predicted octanol–water partition coefficient (Wildman–Crippen LogP) is 4.05.